The van der Waals surface area contributed by atoms with Crippen molar-refractivity contribution in [3.63, 3.8) is 0 Å². The number of aromatic hydroxyl groups is 2. The second-order valence-corrected chi connectivity index (χ2v) is 16.7. The summed E-state index contributed by atoms with van der Waals surface area (Å²) in [4.78, 5) is 125. The summed E-state index contributed by atoms with van der Waals surface area (Å²) >= 11 is 0. The second-order valence-electron chi connectivity index (χ2n) is 16.7. The van der Waals surface area contributed by atoms with Gasteiger partial charge in [-0.3, -0.25) is 38.9 Å². The highest BCUT2D eigenvalue weighted by molar-refractivity contribution is 6.31. The van der Waals surface area contributed by atoms with Crippen LogP contribution >= 0.6 is 0 Å². The van der Waals surface area contributed by atoms with Crippen molar-refractivity contribution < 1.29 is 82.6 Å². The van der Waals surface area contributed by atoms with Gasteiger partial charge in [0.2, 0.25) is 11.7 Å². The number of hydrogen-bond acceptors (Lipinski definition) is 18. The number of methoxy groups -OCH3 is 1. The summed E-state index contributed by atoms with van der Waals surface area (Å²) in [5.74, 6) is -8.61. The van der Waals surface area contributed by atoms with Gasteiger partial charge in [0.05, 0.1) is 42.0 Å². The Bertz CT molecular complexity index is 2470. The fourth-order valence-corrected chi connectivity index (χ4v) is 8.52. The molecule has 68 heavy (non-hydrogen) atoms. The Balaban J connectivity index is 1.17. The number of aliphatic imine (C=N–C) groups is 1. The van der Waals surface area contributed by atoms with Crippen LogP contribution in [0.15, 0.2) is 35.3 Å². The number of ketones is 3. The van der Waals surface area contributed by atoms with Gasteiger partial charge >= 0.3 is 12.1 Å². The highest BCUT2D eigenvalue weighted by atomic mass is 16.7. The minimum absolute atomic E-state index is 0.0158. The minimum Gasteiger partial charge on any atom is -0.507 e. The van der Waals surface area contributed by atoms with Crippen LogP contribution in [-0.4, -0.2) is 135 Å². The van der Waals surface area contributed by atoms with Gasteiger partial charge in [0.1, 0.15) is 29.9 Å². The number of carbonyl (C=O) groups is 9. The van der Waals surface area contributed by atoms with E-state index in [2.05, 4.69) is 20.9 Å². The molecule has 0 bridgehead atoms. The van der Waals surface area contributed by atoms with E-state index in [0.29, 0.717) is 4.90 Å². The lowest BCUT2D eigenvalue weighted by Gasteiger charge is -2.37. The molecule has 24 heteroatoms. The Kier molecular flexibility index (Phi) is 15.7. The molecule has 3 unspecified atom stereocenters. The Morgan fingerprint density at radius 1 is 0.956 bits per heavy atom. The SMILES string of the molecule is COc1cccc2c1C(=O)c1c(O)c3c(c(O)c1C2=O)CC(C(=O)CO)C[C@@H]3O[C@H]1C/C(=N/C(=O)ONC(=O)[C@H](CCCNC(N)=O)NC(=O)[C@@H](NC(O)N2C(=O)C=CC2=O)C(C)C)CC(C)O1. The van der Waals surface area contributed by atoms with Gasteiger partial charge in [-0.05, 0) is 44.6 Å². The quantitative estimate of drug-likeness (QED) is 0.0299. The predicted molar refractivity (Wildman–Crippen MR) is 231 cm³/mol. The molecule has 0 spiro atoms. The lowest BCUT2D eigenvalue weighted by atomic mass is 9.73. The number of nitrogens with two attached hydrogens (primary N) is 1. The first kappa shape index (κ1) is 50.3. The summed E-state index contributed by atoms with van der Waals surface area (Å²) in [6, 6.07) is 0.765. The zero-order chi connectivity index (χ0) is 49.7. The van der Waals surface area contributed by atoms with E-state index in [4.69, 9.17) is 24.8 Å². The van der Waals surface area contributed by atoms with Crippen molar-refractivity contribution in [1.82, 2.24) is 26.3 Å². The van der Waals surface area contributed by atoms with Gasteiger partial charge in [-0.15, -0.1) is 0 Å². The van der Waals surface area contributed by atoms with Crippen LogP contribution in [-0.2, 0) is 44.7 Å². The van der Waals surface area contributed by atoms with E-state index in [9.17, 15) is 63.6 Å². The first-order chi connectivity index (χ1) is 32.2. The largest absolute Gasteiger partial charge is 0.507 e. The summed E-state index contributed by atoms with van der Waals surface area (Å²) in [5.41, 5.74) is 5.88. The number of hydroxylamine groups is 1. The number of carbonyl (C=O) groups excluding carboxylic acids is 9. The Labute approximate surface area is 387 Å². The molecule has 364 valence electrons. The van der Waals surface area contributed by atoms with Crippen molar-refractivity contribution in [3.05, 3.63) is 63.7 Å². The van der Waals surface area contributed by atoms with Crippen LogP contribution in [0, 0.1) is 11.8 Å². The molecule has 10 N–H and O–H groups in total. The number of nitrogens with zero attached hydrogens (tertiary/aromatic N) is 2. The fraction of sp³-hybridized carbons (Fsp3) is 0.455. The van der Waals surface area contributed by atoms with Crippen molar-refractivity contribution in [2.45, 2.75) is 96.2 Å². The highest BCUT2D eigenvalue weighted by Gasteiger charge is 2.45. The van der Waals surface area contributed by atoms with Gasteiger partial charge in [-0.2, -0.15) is 10.5 Å². The summed E-state index contributed by atoms with van der Waals surface area (Å²) in [7, 11) is 1.30. The number of Topliss-reactive ketones (excluding diaryl/α,β-unsaturated/α-hetero) is 1. The number of primary amides is 1. The number of aliphatic hydroxyl groups is 2. The number of amides is 7. The number of fused-ring (bicyclic) bond motifs is 3. The summed E-state index contributed by atoms with van der Waals surface area (Å²) in [5, 5.41) is 51.2. The number of nitrogens with one attached hydrogen (secondary N) is 4. The van der Waals surface area contributed by atoms with Crippen LogP contribution in [0.3, 0.4) is 0 Å². The number of benzene rings is 2. The van der Waals surface area contributed by atoms with Crippen LogP contribution in [0.4, 0.5) is 9.59 Å². The molecule has 2 aliphatic heterocycles. The van der Waals surface area contributed by atoms with E-state index < -0.39 is 131 Å². The van der Waals surface area contributed by atoms with E-state index >= 15 is 0 Å². The lowest BCUT2D eigenvalue weighted by molar-refractivity contribution is -0.199. The van der Waals surface area contributed by atoms with Gasteiger partial charge < -0.3 is 55.8 Å². The molecule has 2 aromatic carbocycles. The van der Waals surface area contributed by atoms with Crippen molar-refractivity contribution >= 4 is 58.8 Å². The monoisotopic (exact) mass is 949 g/mol. The number of aliphatic hydroxyl groups excluding tert-OH is 2. The standard InChI is InChI=1S/C44H51N7O17/c1-18(2)35(49-43(63)51-28(54)10-11-29(51)55)41(61)48-24(8-6-12-46-42(45)62)40(60)50-68-44(64)47-21-13-19(3)66-30(16-21)67-27-15-20(25(53)17-52)14-23-32(27)39(59)34-33(37(23)57)36(56)22-7-5-9-26(65-4)31(22)38(34)58/h5,7,9-11,18-20,24,27,30,35,43,49,52,57,59,63H,6,8,12-17H2,1-4H3,(H,48,61)(H,50,60)(H3,45,46,62)/b47-21+/t19?,20?,24-,27-,30-,35-,43?/m0/s1. The topological polar surface area (TPSA) is 361 Å². The first-order valence-corrected chi connectivity index (χ1v) is 21.5. The molecule has 1 saturated heterocycles. The third-order valence-corrected chi connectivity index (χ3v) is 11.7. The average Bonchev–Trinajstić information content (AvgIpc) is 3.63. The number of urea groups is 1. The number of phenolic OH excluding ortho intramolecular Hbond substituents is 2. The van der Waals surface area contributed by atoms with Crippen LogP contribution < -0.4 is 31.9 Å². The molecule has 1 fully saturated rings. The Hall–Kier alpha value is -7.12. The molecule has 24 nitrogen and oxygen atoms in total. The molecule has 7 atom stereocenters. The Morgan fingerprint density at radius 2 is 1.65 bits per heavy atom. The molecule has 0 radical (unpaired) electrons. The molecule has 2 aliphatic carbocycles. The van der Waals surface area contributed by atoms with Gasteiger partial charge in [0, 0.05) is 59.9 Å². The van der Waals surface area contributed by atoms with E-state index in [-0.39, 0.29) is 78.8 Å². The average molecular weight is 950 g/mol. The molecule has 0 aromatic heterocycles. The number of phenols is 2. The lowest BCUT2D eigenvalue weighted by Crippen LogP contribution is -2.60. The molecule has 7 amide bonds. The summed E-state index contributed by atoms with van der Waals surface area (Å²) < 4.78 is 17.6. The minimum atomic E-state index is -1.91. The van der Waals surface area contributed by atoms with Gasteiger partial charge in [0.15, 0.2) is 24.2 Å². The van der Waals surface area contributed by atoms with Crippen LogP contribution in [0.25, 0.3) is 0 Å². The maximum atomic E-state index is 14.0. The summed E-state index contributed by atoms with van der Waals surface area (Å²) in [6.45, 7) is 3.91. The van der Waals surface area contributed by atoms with Gasteiger partial charge in [0.25, 0.3) is 17.7 Å². The van der Waals surface area contributed by atoms with Crippen molar-refractivity contribution in [2.75, 3.05) is 20.3 Å². The van der Waals surface area contributed by atoms with Gasteiger partial charge in [-0.1, -0.05) is 26.0 Å². The normalized spacial score (nSPS) is 21.6. The molecule has 2 heterocycles. The first-order valence-electron chi connectivity index (χ1n) is 21.5. The van der Waals surface area contributed by atoms with E-state index in [1.165, 1.54) is 25.3 Å². The number of imide groups is 1. The van der Waals surface area contributed by atoms with E-state index in [0.717, 1.165) is 12.2 Å². The highest BCUT2D eigenvalue weighted by Crippen LogP contribution is 2.51. The number of hydrogen-bond donors (Lipinski definition) is 9. The maximum absolute atomic E-state index is 14.0. The smallest absolute Gasteiger partial charge is 0.457 e. The zero-order valence-corrected chi connectivity index (χ0v) is 37.2. The van der Waals surface area contributed by atoms with Crippen LogP contribution in [0.5, 0.6) is 17.2 Å². The molecule has 0 saturated carbocycles. The molecular formula is C44H51N7O17. The van der Waals surface area contributed by atoms with Crippen molar-refractivity contribution in [1.29, 1.82) is 0 Å². The third-order valence-electron chi connectivity index (χ3n) is 11.7. The van der Waals surface area contributed by atoms with Crippen molar-refractivity contribution in [3.8, 4) is 17.2 Å². The number of ether oxygens (including phenoxy) is 3. The summed E-state index contributed by atoms with van der Waals surface area (Å²) in [6.07, 6.45) is -5.18. The second kappa shape index (κ2) is 21.2. The van der Waals surface area contributed by atoms with Crippen molar-refractivity contribution in [2.24, 2.45) is 22.6 Å². The van der Waals surface area contributed by atoms with Gasteiger partial charge in [-0.25, -0.2) is 14.5 Å². The fourth-order valence-electron chi connectivity index (χ4n) is 8.52. The molecule has 6 rings (SSSR count). The number of rotatable bonds is 16. The molecule has 2 aromatic rings. The predicted octanol–water partition coefficient (Wildman–Crippen LogP) is -0.0545. The van der Waals surface area contributed by atoms with E-state index in [1.54, 1.807) is 20.8 Å². The van der Waals surface area contributed by atoms with Crippen LogP contribution in [0.2, 0.25) is 0 Å². The molecule has 4 aliphatic rings. The Morgan fingerprint density at radius 3 is 2.29 bits per heavy atom. The zero-order valence-electron chi connectivity index (χ0n) is 37.2. The van der Waals surface area contributed by atoms with E-state index in [1.807, 2.05) is 5.48 Å². The maximum Gasteiger partial charge on any atom is 0.457 e. The molecular weight excluding hydrogens is 899 g/mol. The van der Waals surface area contributed by atoms with Crippen LogP contribution in [0.1, 0.15) is 102 Å². The third kappa shape index (κ3) is 10.7.